The third-order valence-corrected chi connectivity index (χ3v) is 6.89. The van der Waals surface area contributed by atoms with Gasteiger partial charge >= 0.3 is 6.61 Å². The first kappa shape index (κ1) is 21.7. The average Bonchev–Trinajstić information content (AvgIpc) is 2.98. The van der Waals surface area contributed by atoms with Crippen LogP contribution < -0.4 is 10.1 Å². The maximum Gasteiger partial charge on any atom is 0.387 e. The summed E-state index contributed by atoms with van der Waals surface area (Å²) in [5.74, 6) is -0.308. The molecule has 1 unspecified atom stereocenters. The second kappa shape index (κ2) is 8.41. The summed E-state index contributed by atoms with van der Waals surface area (Å²) in [5, 5.41) is 12.9. The van der Waals surface area contributed by atoms with E-state index in [-0.39, 0.29) is 16.7 Å². The van der Waals surface area contributed by atoms with Crippen LogP contribution in [0.1, 0.15) is 53.6 Å². The van der Waals surface area contributed by atoms with E-state index in [1.165, 1.54) is 29.5 Å². The Morgan fingerprint density at radius 2 is 2.14 bits per heavy atom. The van der Waals surface area contributed by atoms with Gasteiger partial charge in [0.25, 0.3) is 5.91 Å². The van der Waals surface area contributed by atoms with Crippen LogP contribution in [0.2, 0.25) is 0 Å². The van der Waals surface area contributed by atoms with Crippen molar-refractivity contribution >= 4 is 38.2 Å². The molecule has 1 N–H and O–H groups in total. The minimum atomic E-state index is -3.04. The number of nitrogens with zero attached hydrogens (tertiary/aromatic N) is 1. The Morgan fingerprint density at radius 1 is 1.41 bits per heavy atom. The molecule has 1 atom stereocenters. The Kier molecular flexibility index (Phi) is 6.30. The summed E-state index contributed by atoms with van der Waals surface area (Å²) >= 11 is 4.64. The van der Waals surface area contributed by atoms with E-state index in [1.54, 1.807) is 0 Å². The zero-order valence-electron chi connectivity index (χ0n) is 16.3. The number of carbonyl (C=O) groups excluding carboxylic acids is 1. The molecule has 1 aliphatic carbocycles. The van der Waals surface area contributed by atoms with Gasteiger partial charge in [-0.05, 0) is 54.4 Å². The average molecular weight is 483 g/mol. The van der Waals surface area contributed by atoms with Crippen molar-refractivity contribution < 1.29 is 18.3 Å². The van der Waals surface area contributed by atoms with Gasteiger partial charge in [0.2, 0.25) is 0 Å². The predicted molar refractivity (Wildman–Crippen MR) is 113 cm³/mol. The van der Waals surface area contributed by atoms with E-state index < -0.39 is 12.5 Å². The molecule has 154 valence electrons. The van der Waals surface area contributed by atoms with Crippen molar-refractivity contribution in [2.45, 2.75) is 46.6 Å². The van der Waals surface area contributed by atoms with E-state index in [0.717, 1.165) is 29.7 Å². The van der Waals surface area contributed by atoms with Crippen molar-refractivity contribution in [3.63, 3.8) is 0 Å². The molecular weight excluding hydrogens is 462 g/mol. The van der Waals surface area contributed by atoms with Crippen LogP contribution in [-0.2, 0) is 12.8 Å². The number of ether oxygens (including phenoxy) is 1. The Balaban J connectivity index is 1.90. The first-order valence-electron chi connectivity index (χ1n) is 9.20. The topological polar surface area (TPSA) is 62.1 Å². The lowest BCUT2D eigenvalue weighted by Crippen LogP contribution is -2.26. The highest BCUT2D eigenvalue weighted by Gasteiger charge is 2.32. The number of amides is 1. The first-order chi connectivity index (χ1) is 13.6. The van der Waals surface area contributed by atoms with E-state index in [9.17, 15) is 18.8 Å². The van der Waals surface area contributed by atoms with Gasteiger partial charge in [-0.15, -0.1) is 11.3 Å². The number of nitriles is 1. The van der Waals surface area contributed by atoms with Crippen LogP contribution >= 0.6 is 27.3 Å². The van der Waals surface area contributed by atoms with E-state index in [1.807, 2.05) is 0 Å². The lowest BCUT2D eigenvalue weighted by molar-refractivity contribution is -0.0501. The summed E-state index contributed by atoms with van der Waals surface area (Å²) in [4.78, 5) is 13.9. The number of rotatable bonds is 4. The van der Waals surface area contributed by atoms with Crippen LogP contribution in [0.5, 0.6) is 5.75 Å². The Bertz CT molecular complexity index is 976. The van der Waals surface area contributed by atoms with Crippen molar-refractivity contribution in [1.82, 2.24) is 0 Å². The number of benzene rings is 1. The van der Waals surface area contributed by atoms with E-state index in [2.05, 4.69) is 52.8 Å². The fourth-order valence-corrected chi connectivity index (χ4v) is 5.21. The Labute approximate surface area is 181 Å². The summed E-state index contributed by atoms with van der Waals surface area (Å²) in [5.41, 5.74) is 1.60. The van der Waals surface area contributed by atoms with Gasteiger partial charge in [-0.25, -0.2) is 0 Å². The van der Waals surface area contributed by atoms with Crippen molar-refractivity contribution in [2.75, 3.05) is 5.32 Å². The number of alkyl halides is 2. The lowest BCUT2D eigenvalue weighted by atomic mass is 9.72. The molecule has 0 saturated heterocycles. The molecule has 1 aromatic carbocycles. The highest BCUT2D eigenvalue weighted by Crippen LogP contribution is 2.44. The predicted octanol–water partition coefficient (Wildman–Crippen LogP) is 6.39. The number of hydrogen-bond acceptors (Lipinski definition) is 4. The molecule has 0 fully saturated rings. The quantitative estimate of drug-likeness (QED) is 0.549. The van der Waals surface area contributed by atoms with Crippen LogP contribution in [0.15, 0.2) is 22.7 Å². The Morgan fingerprint density at radius 3 is 2.76 bits per heavy atom. The van der Waals surface area contributed by atoms with Gasteiger partial charge in [0.1, 0.15) is 16.8 Å². The van der Waals surface area contributed by atoms with Crippen molar-refractivity contribution in [3.8, 4) is 11.8 Å². The van der Waals surface area contributed by atoms with Crippen LogP contribution in [0, 0.1) is 22.7 Å². The highest BCUT2D eigenvalue weighted by atomic mass is 79.9. The number of thiophene rings is 1. The van der Waals surface area contributed by atoms with Crippen molar-refractivity contribution in [2.24, 2.45) is 11.3 Å². The van der Waals surface area contributed by atoms with Crippen molar-refractivity contribution in [3.05, 3.63) is 44.2 Å². The zero-order valence-corrected chi connectivity index (χ0v) is 18.7. The molecule has 4 nitrogen and oxygen atoms in total. The normalized spacial score (nSPS) is 16.3. The number of fused-ring (bicyclic) bond motifs is 1. The molecule has 2 aromatic rings. The molecule has 1 aromatic heterocycles. The van der Waals surface area contributed by atoms with Gasteiger partial charge in [0.05, 0.1) is 11.1 Å². The maximum atomic E-state index is 12.8. The van der Waals surface area contributed by atoms with Crippen LogP contribution in [0.25, 0.3) is 0 Å². The van der Waals surface area contributed by atoms with Gasteiger partial charge in [-0.2, -0.15) is 14.0 Å². The second-order valence-electron chi connectivity index (χ2n) is 8.10. The van der Waals surface area contributed by atoms with Gasteiger partial charge in [0, 0.05) is 9.35 Å². The van der Waals surface area contributed by atoms with Gasteiger partial charge < -0.3 is 10.1 Å². The highest BCUT2D eigenvalue weighted by molar-refractivity contribution is 9.10. The van der Waals surface area contributed by atoms with E-state index in [0.29, 0.717) is 21.0 Å². The minimum Gasteiger partial charge on any atom is -0.434 e. The second-order valence-corrected chi connectivity index (χ2v) is 10.1. The zero-order chi connectivity index (χ0) is 21.3. The van der Waals surface area contributed by atoms with E-state index >= 15 is 0 Å². The third-order valence-electron chi connectivity index (χ3n) is 5.23. The fourth-order valence-electron chi connectivity index (χ4n) is 3.58. The van der Waals surface area contributed by atoms with Crippen molar-refractivity contribution in [1.29, 1.82) is 5.26 Å². The fraction of sp³-hybridized carbons (Fsp3) is 0.429. The van der Waals surface area contributed by atoms with Crippen LogP contribution in [-0.4, -0.2) is 12.5 Å². The minimum absolute atomic E-state index is 0.0255. The number of hydrogen-bond donors (Lipinski definition) is 1. The molecule has 0 bridgehead atoms. The van der Waals surface area contributed by atoms with E-state index in [4.69, 9.17) is 0 Å². The standard InChI is InChI=1S/C21H21BrF2N2O2S/c1-21(2,3)11-4-6-13-15(10-25)19(29-17(13)8-11)26-18(27)14-9-12(22)5-7-16(14)28-20(23)24/h5,7,9,11,20H,4,6,8H2,1-3H3,(H,26,27). The summed E-state index contributed by atoms with van der Waals surface area (Å²) in [7, 11) is 0. The molecule has 8 heteroatoms. The number of anilines is 1. The molecule has 1 aliphatic rings. The molecular formula is C21H21BrF2N2O2S. The molecule has 0 aliphatic heterocycles. The lowest BCUT2D eigenvalue weighted by Gasteiger charge is -2.33. The van der Waals surface area contributed by atoms with Crippen LogP contribution in [0.3, 0.4) is 0 Å². The van der Waals surface area contributed by atoms with Gasteiger partial charge in [-0.1, -0.05) is 36.7 Å². The number of carbonyl (C=O) groups is 1. The maximum absolute atomic E-state index is 12.8. The molecule has 3 rings (SSSR count). The molecule has 1 amide bonds. The third kappa shape index (κ3) is 4.78. The number of nitrogens with one attached hydrogen (secondary N) is 1. The SMILES string of the molecule is CC(C)(C)C1CCc2c(sc(NC(=O)c3cc(Br)ccc3OC(F)F)c2C#N)C1. The summed E-state index contributed by atoms with van der Waals surface area (Å²) in [6, 6.07) is 6.46. The molecule has 29 heavy (non-hydrogen) atoms. The van der Waals surface area contributed by atoms with Gasteiger partial charge in [0.15, 0.2) is 0 Å². The summed E-state index contributed by atoms with van der Waals surface area (Å²) in [6.45, 7) is 3.59. The van der Waals surface area contributed by atoms with Crippen LogP contribution in [0.4, 0.5) is 13.8 Å². The molecule has 0 saturated carbocycles. The monoisotopic (exact) mass is 482 g/mol. The van der Waals surface area contributed by atoms with Gasteiger partial charge in [-0.3, -0.25) is 4.79 Å². The number of halogens is 3. The first-order valence-corrected chi connectivity index (χ1v) is 10.8. The molecule has 0 spiro atoms. The largest absolute Gasteiger partial charge is 0.434 e. The summed E-state index contributed by atoms with van der Waals surface area (Å²) < 4.78 is 30.4. The smallest absolute Gasteiger partial charge is 0.387 e. The molecule has 1 heterocycles. The Hall–Kier alpha value is -1.98. The summed E-state index contributed by atoms with van der Waals surface area (Å²) in [6.07, 6.45) is 2.65. The molecule has 0 radical (unpaired) electrons.